The number of hydrogen-bond donors (Lipinski definition) is 0. The quantitative estimate of drug-likeness (QED) is 0.224. The van der Waals surface area contributed by atoms with Crippen LogP contribution >= 0.6 is 19.3 Å². The molecule has 0 aromatic rings. The average molecular weight is 308 g/mol. The molecular formula is C11H19BO5PS. The fourth-order valence-electron chi connectivity index (χ4n) is 1.79. The number of esters is 1. The zero-order valence-corrected chi connectivity index (χ0v) is 12.9. The Labute approximate surface area is 123 Å². The molecule has 19 heavy (non-hydrogen) atoms. The molecule has 0 spiro atoms. The Morgan fingerprint density at radius 2 is 2.63 bits per heavy atom. The Kier molecular flexibility index (Phi) is 6.57. The van der Waals surface area contributed by atoms with Gasteiger partial charge in [0.1, 0.15) is 19.7 Å². The van der Waals surface area contributed by atoms with Crippen molar-refractivity contribution in [2.45, 2.75) is 38.8 Å². The average Bonchev–Trinajstić information content (AvgIpc) is 2.88. The summed E-state index contributed by atoms with van der Waals surface area (Å²) in [5, 5.41) is 0. The summed E-state index contributed by atoms with van der Waals surface area (Å²) >= 11 is 0.946. The normalized spacial score (nSPS) is 30.5. The van der Waals surface area contributed by atoms with Crippen LogP contribution in [0, 0.1) is 0 Å². The minimum atomic E-state index is -1.40. The molecule has 0 aromatic carbocycles. The van der Waals surface area contributed by atoms with Gasteiger partial charge in [-0.05, 0) is 20.8 Å². The monoisotopic (exact) mass is 308 g/mol. The van der Waals surface area contributed by atoms with Gasteiger partial charge >= 0.3 is 5.97 Å². The third-order valence-electron chi connectivity index (χ3n) is 2.61. The predicted molar refractivity (Wildman–Crippen MR) is 78.6 cm³/mol. The summed E-state index contributed by atoms with van der Waals surface area (Å²) in [7, 11) is 1.18. The summed E-state index contributed by atoms with van der Waals surface area (Å²) in [5.74, 6) is -0.423. The first-order valence-electron chi connectivity index (χ1n) is 6.90. The van der Waals surface area contributed by atoms with Gasteiger partial charge in [-0.1, -0.05) is 7.61 Å². The highest BCUT2D eigenvalue weighted by Gasteiger charge is 2.37. The van der Waals surface area contributed by atoms with Crippen LogP contribution in [0.5, 0.6) is 0 Å². The molecule has 1 radical (unpaired) electrons. The summed E-state index contributed by atoms with van der Waals surface area (Å²) in [6, 6.07) is 0. The van der Waals surface area contributed by atoms with Crippen LogP contribution in [0.15, 0.2) is 11.6 Å². The smallest absolute Gasteiger partial charge is 0.330 e. The number of carbonyl (C=O) groups is 1. The van der Waals surface area contributed by atoms with E-state index in [1.54, 1.807) is 13.8 Å². The molecule has 0 N–H and O–H groups in total. The predicted octanol–water partition coefficient (Wildman–Crippen LogP) is 1.70. The molecule has 1 aliphatic rings. The van der Waals surface area contributed by atoms with Gasteiger partial charge in [-0.3, -0.25) is 0 Å². The fraction of sp³-hybridized carbons (Fsp3) is 0.727. The lowest BCUT2D eigenvalue weighted by atomic mass is 10.1. The van der Waals surface area contributed by atoms with Gasteiger partial charge in [0.05, 0.1) is 7.89 Å². The van der Waals surface area contributed by atoms with E-state index in [2.05, 4.69) is 0 Å². The molecule has 1 saturated heterocycles. The molecule has 107 valence electrons. The van der Waals surface area contributed by atoms with Gasteiger partial charge in [0, 0.05) is 31.3 Å². The van der Waals surface area contributed by atoms with Crippen molar-refractivity contribution in [2.24, 2.45) is 0 Å². The molecule has 1 fully saturated rings. The zero-order chi connectivity index (χ0) is 15.8. The standard InChI is InChI=1S/C11H19BO5PS/c1-4-15-9(13)5-7(2)11-8(17-19-18-12)6-10(14-3)16-11/h5,8,10-12,18H,4,6H2,1-3H3/b7-5+/t8-,10?,11+,18?/m0/s1/i12T,18D. The third-order valence-corrected chi connectivity index (χ3v) is 3.55. The Hall–Kier alpha value is -0.0651. The fourth-order valence-corrected chi connectivity index (χ4v) is 2.61. The maximum absolute atomic E-state index is 11.5. The van der Waals surface area contributed by atoms with E-state index < -0.39 is 26.0 Å². The van der Waals surface area contributed by atoms with E-state index in [4.69, 9.17) is 21.0 Å². The van der Waals surface area contributed by atoms with Crippen LogP contribution in [0.4, 0.5) is 0 Å². The van der Waals surface area contributed by atoms with E-state index >= 15 is 0 Å². The van der Waals surface area contributed by atoms with E-state index in [0.29, 0.717) is 18.6 Å². The van der Waals surface area contributed by atoms with E-state index in [1.807, 2.05) is 0 Å². The van der Waals surface area contributed by atoms with Gasteiger partial charge in [-0.2, -0.15) is 0 Å². The van der Waals surface area contributed by atoms with Crippen molar-refractivity contribution in [2.75, 3.05) is 13.7 Å². The van der Waals surface area contributed by atoms with Crippen molar-refractivity contribution < 1.29 is 23.2 Å². The first-order chi connectivity index (χ1) is 10.0. The lowest BCUT2D eigenvalue weighted by molar-refractivity contribution is -0.137. The molecule has 0 aromatic heterocycles. The van der Waals surface area contributed by atoms with Crippen molar-refractivity contribution >= 4 is 32.8 Å². The first kappa shape index (κ1) is 13.9. The second-order valence-corrected chi connectivity index (χ2v) is 5.54. The third kappa shape index (κ3) is 5.44. The molecule has 0 amide bonds. The van der Waals surface area contributed by atoms with Gasteiger partial charge in [0.15, 0.2) is 6.29 Å². The maximum atomic E-state index is 11.5. The van der Waals surface area contributed by atoms with Crippen LogP contribution in [0.2, 0.25) is 0 Å². The molecule has 1 aliphatic heterocycles. The Morgan fingerprint density at radius 3 is 3.26 bits per heavy atom. The second-order valence-electron chi connectivity index (χ2n) is 3.91. The van der Waals surface area contributed by atoms with Gasteiger partial charge in [-0.25, -0.2) is 4.79 Å². The van der Waals surface area contributed by atoms with Gasteiger partial charge in [0.25, 0.3) is 0 Å². The molecule has 1 heterocycles. The zero-order valence-electron chi connectivity index (χ0n) is 13.2. The molecule has 0 aliphatic carbocycles. The molecule has 4 atom stereocenters. The second kappa shape index (κ2) is 8.98. The minimum absolute atomic E-state index is 0.313. The van der Waals surface area contributed by atoms with Crippen LogP contribution in [0.1, 0.15) is 20.3 Å². The molecule has 8 heteroatoms. The highest BCUT2D eigenvalue weighted by atomic mass is 32.7. The molecule has 5 nitrogen and oxygen atoms in total. The van der Waals surface area contributed by atoms with Crippen molar-refractivity contribution in [3.05, 3.63) is 11.6 Å². The Morgan fingerprint density at radius 1 is 1.84 bits per heavy atom. The van der Waals surface area contributed by atoms with Gasteiger partial charge in [-0.15, -0.1) is 0 Å². The minimum Gasteiger partial charge on any atom is -0.463 e. The summed E-state index contributed by atoms with van der Waals surface area (Å²) < 4.78 is 35.8. The van der Waals surface area contributed by atoms with Crippen molar-refractivity contribution in [3.8, 4) is 0 Å². The SMILES string of the molecule is [2H]P([B][3H])SO[C@H]1CC(OC)O[C@@H]1/C(C)=C/C(=O)OCC. The highest BCUT2D eigenvalue weighted by molar-refractivity contribution is 8.53. The van der Waals surface area contributed by atoms with E-state index in [9.17, 15) is 4.79 Å². The summed E-state index contributed by atoms with van der Waals surface area (Å²) in [4.78, 5) is 11.5. The Bertz CT molecular complexity index is 377. The van der Waals surface area contributed by atoms with Crippen LogP contribution in [0.3, 0.4) is 0 Å². The number of methoxy groups -OCH3 is 1. The van der Waals surface area contributed by atoms with Crippen LogP contribution in [-0.4, -0.2) is 48.3 Å². The lowest BCUT2D eigenvalue weighted by Gasteiger charge is -2.18. The Balaban J connectivity index is 2.68. The summed E-state index contributed by atoms with van der Waals surface area (Å²) in [5.41, 5.74) is 0.683. The van der Waals surface area contributed by atoms with E-state index in [1.165, 1.54) is 13.2 Å². The lowest BCUT2D eigenvalue weighted by Crippen LogP contribution is -2.24. The number of rotatable bonds is 8. The van der Waals surface area contributed by atoms with Crippen molar-refractivity contribution in [1.82, 2.24) is 0 Å². The number of hydrogen-bond acceptors (Lipinski definition) is 6. The summed E-state index contributed by atoms with van der Waals surface area (Å²) in [6.45, 7) is 3.82. The molecule has 1 rings (SSSR count). The van der Waals surface area contributed by atoms with E-state index in [0.717, 1.165) is 19.2 Å². The number of carbonyl (C=O) groups excluding carboxylic acids is 1. The molecular weight excluding hydrogens is 286 g/mol. The van der Waals surface area contributed by atoms with Crippen molar-refractivity contribution in [3.63, 3.8) is 0 Å². The largest absolute Gasteiger partial charge is 0.463 e. The van der Waals surface area contributed by atoms with Crippen LogP contribution in [-0.2, 0) is 23.2 Å². The van der Waals surface area contributed by atoms with Crippen LogP contribution in [0.25, 0.3) is 0 Å². The van der Waals surface area contributed by atoms with Gasteiger partial charge < -0.3 is 18.4 Å². The summed E-state index contributed by atoms with van der Waals surface area (Å²) in [6.07, 6.45) is 0.710. The topological polar surface area (TPSA) is 54.0 Å². The van der Waals surface area contributed by atoms with E-state index in [-0.39, 0.29) is 6.10 Å². The molecule has 0 saturated carbocycles. The van der Waals surface area contributed by atoms with Gasteiger partial charge in [0.2, 0.25) is 0 Å². The first-order valence-corrected chi connectivity index (χ1v) is 8.19. The van der Waals surface area contributed by atoms with Crippen molar-refractivity contribution in [1.29, 1.82) is 2.61 Å². The molecule has 0 bridgehead atoms. The highest BCUT2D eigenvalue weighted by Crippen LogP contribution is 2.35. The maximum Gasteiger partial charge on any atom is 0.330 e. The molecule has 2 unspecified atom stereocenters. The number of ether oxygens (including phenoxy) is 3. The van der Waals surface area contributed by atoms with Crippen LogP contribution < -0.4 is 0 Å².